The van der Waals surface area contributed by atoms with Crippen LogP contribution in [0.1, 0.15) is 40.1 Å². The Balaban J connectivity index is 1.66. The molecule has 1 aliphatic rings. The van der Waals surface area contributed by atoms with E-state index < -0.39 is 6.04 Å². The molecule has 1 unspecified atom stereocenters. The molecule has 2 heterocycles. The van der Waals surface area contributed by atoms with Crippen LogP contribution < -0.4 is 9.47 Å². The number of halogens is 2. The number of H-pyrrole nitrogens is 1. The van der Waals surface area contributed by atoms with E-state index in [2.05, 4.69) is 10.2 Å². The van der Waals surface area contributed by atoms with Crippen molar-refractivity contribution in [3.63, 3.8) is 0 Å². The first-order valence-electron chi connectivity index (χ1n) is 11.2. The van der Waals surface area contributed by atoms with Gasteiger partial charge in [-0.3, -0.25) is 9.89 Å². The van der Waals surface area contributed by atoms with Crippen molar-refractivity contribution in [2.24, 2.45) is 0 Å². The third-order valence-corrected chi connectivity index (χ3v) is 6.70. The first-order chi connectivity index (χ1) is 17.0. The normalized spacial score (nSPS) is 14.8. The predicted octanol–water partition coefficient (Wildman–Crippen LogP) is 6.54. The molecule has 3 aromatic carbocycles. The molecule has 1 atom stereocenters. The smallest absolute Gasteiger partial charge is 0.273 e. The fourth-order valence-corrected chi connectivity index (χ4v) is 4.79. The molecular weight excluding hydrogens is 485 g/mol. The molecule has 1 aliphatic heterocycles. The summed E-state index contributed by atoms with van der Waals surface area (Å²) in [6.07, 6.45) is 0. The van der Waals surface area contributed by atoms with E-state index in [1.807, 2.05) is 73.7 Å². The first-order valence-corrected chi connectivity index (χ1v) is 12.0. The van der Waals surface area contributed by atoms with E-state index in [4.69, 9.17) is 32.7 Å². The summed E-state index contributed by atoms with van der Waals surface area (Å²) in [5, 5.41) is 8.73. The molecule has 35 heavy (non-hydrogen) atoms. The zero-order valence-electron chi connectivity index (χ0n) is 19.2. The van der Waals surface area contributed by atoms with Crippen LogP contribution in [0.5, 0.6) is 11.5 Å². The van der Waals surface area contributed by atoms with Crippen molar-refractivity contribution in [1.29, 1.82) is 0 Å². The van der Waals surface area contributed by atoms with Gasteiger partial charge >= 0.3 is 0 Å². The van der Waals surface area contributed by atoms with Crippen molar-refractivity contribution < 1.29 is 14.3 Å². The molecule has 1 N–H and O–H groups in total. The summed E-state index contributed by atoms with van der Waals surface area (Å²) >= 11 is 12.6. The maximum Gasteiger partial charge on any atom is 0.273 e. The fraction of sp³-hybridized carbons (Fsp3) is 0.185. The van der Waals surface area contributed by atoms with Crippen LogP contribution >= 0.6 is 23.2 Å². The average molecular weight is 508 g/mol. The summed E-state index contributed by atoms with van der Waals surface area (Å²) in [6.45, 7) is 2.77. The summed E-state index contributed by atoms with van der Waals surface area (Å²) in [5.74, 6) is 1.09. The van der Waals surface area contributed by atoms with Crippen LogP contribution in [0.25, 0.3) is 11.3 Å². The van der Waals surface area contributed by atoms with Gasteiger partial charge in [-0.1, -0.05) is 59.6 Å². The van der Waals surface area contributed by atoms with E-state index >= 15 is 0 Å². The predicted molar refractivity (Wildman–Crippen MR) is 136 cm³/mol. The molecule has 1 aromatic heterocycles. The van der Waals surface area contributed by atoms with E-state index in [1.54, 1.807) is 12.0 Å². The van der Waals surface area contributed by atoms with Gasteiger partial charge in [-0.05, 0) is 48.4 Å². The lowest BCUT2D eigenvalue weighted by Gasteiger charge is -2.27. The lowest BCUT2D eigenvalue weighted by Crippen LogP contribution is -2.29. The van der Waals surface area contributed by atoms with Gasteiger partial charge in [0, 0.05) is 27.7 Å². The quantitative estimate of drug-likeness (QED) is 0.308. The lowest BCUT2D eigenvalue weighted by molar-refractivity contribution is 0.0730. The summed E-state index contributed by atoms with van der Waals surface area (Å²) in [4.78, 5) is 15.5. The second-order valence-electron chi connectivity index (χ2n) is 8.14. The van der Waals surface area contributed by atoms with Crippen molar-refractivity contribution in [2.45, 2.75) is 19.5 Å². The van der Waals surface area contributed by atoms with Crippen molar-refractivity contribution in [3.8, 4) is 22.8 Å². The molecule has 6 nitrogen and oxygen atoms in total. The molecule has 0 saturated heterocycles. The Morgan fingerprint density at radius 3 is 2.51 bits per heavy atom. The standard InChI is InChI=1S/C27H23Cl2N3O3/c1-3-35-21-13-10-17(14-22(21)34-2)26-23-24(16-8-11-19(28)12-9-16)30-31-25(23)27(33)32(26)15-18-6-4-5-7-20(18)29/h4-14,26H,3,15H2,1-2H3,(H,30,31). The highest BCUT2D eigenvalue weighted by molar-refractivity contribution is 6.31. The highest BCUT2D eigenvalue weighted by Crippen LogP contribution is 2.45. The van der Waals surface area contributed by atoms with Crippen LogP contribution in [0.3, 0.4) is 0 Å². The number of rotatable bonds is 7. The van der Waals surface area contributed by atoms with Crippen LogP contribution in [-0.2, 0) is 6.54 Å². The molecule has 4 aromatic rings. The van der Waals surface area contributed by atoms with Crippen molar-refractivity contribution in [1.82, 2.24) is 15.1 Å². The SMILES string of the molecule is CCOc1ccc(C2c3c(-c4ccc(Cl)cc4)n[nH]c3C(=O)N2Cc2ccccc2Cl)cc1OC. The number of methoxy groups -OCH3 is 1. The van der Waals surface area contributed by atoms with Crippen molar-refractivity contribution in [2.75, 3.05) is 13.7 Å². The minimum absolute atomic E-state index is 0.148. The van der Waals surface area contributed by atoms with Crippen LogP contribution in [0, 0.1) is 0 Å². The summed E-state index contributed by atoms with van der Waals surface area (Å²) in [6, 6.07) is 20.3. The Morgan fingerprint density at radius 2 is 1.80 bits per heavy atom. The fourth-order valence-electron chi connectivity index (χ4n) is 4.47. The first kappa shape index (κ1) is 23.3. The zero-order valence-corrected chi connectivity index (χ0v) is 20.7. The number of hydrogen-bond acceptors (Lipinski definition) is 4. The summed E-state index contributed by atoms with van der Waals surface area (Å²) in [5.41, 5.74) is 4.56. The second-order valence-corrected chi connectivity index (χ2v) is 8.98. The number of ether oxygens (including phenoxy) is 2. The molecule has 1 amide bonds. The van der Waals surface area contributed by atoms with Gasteiger partial charge in [-0.25, -0.2) is 0 Å². The Morgan fingerprint density at radius 1 is 1.03 bits per heavy atom. The number of carbonyl (C=O) groups excluding carboxylic acids is 1. The number of nitrogens with zero attached hydrogens (tertiary/aromatic N) is 2. The largest absolute Gasteiger partial charge is 0.493 e. The van der Waals surface area contributed by atoms with Gasteiger partial charge in [0.1, 0.15) is 5.69 Å². The molecule has 8 heteroatoms. The number of amides is 1. The molecule has 5 rings (SSSR count). The summed E-state index contributed by atoms with van der Waals surface area (Å²) < 4.78 is 11.3. The number of aromatic amines is 1. The van der Waals surface area contributed by atoms with Crippen molar-refractivity contribution in [3.05, 3.63) is 99.2 Å². The summed E-state index contributed by atoms with van der Waals surface area (Å²) in [7, 11) is 1.60. The van der Waals surface area contributed by atoms with E-state index in [9.17, 15) is 4.79 Å². The Hall–Kier alpha value is -3.48. The van der Waals surface area contributed by atoms with Crippen LogP contribution in [0.15, 0.2) is 66.7 Å². The average Bonchev–Trinajstić information content (AvgIpc) is 3.41. The van der Waals surface area contributed by atoms with E-state index in [0.29, 0.717) is 46.1 Å². The van der Waals surface area contributed by atoms with Crippen molar-refractivity contribution >= 4 is 29.1 Å². The third-order valence-electron chi connectivity index (χ3n) is 6.08. The molecule has 0 radical (unpaired) electrons. The monoisotopic (exact) mass is 507 g/mol. The van der Waals surface area contributed by atoms with Gasteiger partial charge in [-0.15, -0.1) is 0 Å². The molecular formula is C27H23Cl2N3O3. The number of aromatic nitrogens is 2. The maximum absolute atomic E-state index is 13.7. The maximum atomic E-state index is 13.7. The topological polar surface area (TPSA) is 67.5 Å². The number of nitrogens with one attached hydrogen (secondary N) is 1. The van der Waals surface area contributed by atoms with Gasteiger partial charge in [-0.2, -0.15) is 5.10 Å². The number of benzene rings is 3. The lowest BCUT2D eigenvalue weighted by atomic mass is 9.95. The van der Waals surface area contributed by atoms with Gasteiger partial charge in [0.05, 0.1) is 25.5 Å². The van der Waals surface area contributed by atoms with Gasteiger partial charge < -0.3 is 14.4 Å². The second kappa shape index (κ2) is 9.64. The van der Waals surface area contributed by atoms with Gasteiger partial charge in [0.15, 0.2) is 11.5 Å². The molecule has 0 spiro atoms. The van der Waals surface area contributed by atoms with Gasteiger partial charge in [0.25, 0.3) is 5.91 Å². The van der Waals surface area contributed by atoms with Crippen LogP contribution in [-0.4, -0.2) is 34.7 Å². The minimum atomic E-state index is -0.414. The minimum Gasteiger partial charge on any atom is -0.493 e. The Labute approximate surface area is 213 Å². The van der Waals surface area contributed by atoms with E-state index in [-0.39, 0.29) is 5.91 Å². The number of carbonyl (C=O) groups is 1. The highest BCUT2D eigenvalue weighted by atomic mass is 35.5. The van der Waals surface area contributed by atoms with Crippen LogP contribution in [0.4, 0.5) is 0 Å². The van der Waals surface area contributed by atoms with E-state index in [0.717, 1.165) is 22.3 Å². The van der Waals surface area contributed by atoms with Crippen LogP contribution in [0.2, 0.25) is 10.0 Å². The molecule has 0 aliphatic carbocycles. The third kappa shape index (κ3) is 4.24. The zero-order chi connectivity index (χ0) is 24.5. The highest BCUT2D eigenvalue weighted by Gasteiger charge is 2.42. The molecule has 0 bridgehead atoms. The molecule has 178 valence electrons. The van der Waals surface area contributed by atoms with E-state index in [1.165, 1.54) is 0 Å². The van der Waals surface area contributed by atoms with Gasteiger partial charge in [0.2, 0.25) is 0 Å². The Bertz CT molecular complexity index is 1380. The molecule has 0 fully saturated rings. The Kier molecular flexibility index (Phi) is 6.41. The number of fused-ring (bicyclic) bond motifs is 1. The molecule has 0 saturated carbocycles. The number of hydrogen-bond donors (Lipinski definition) is 1.